The van der Waals surface area contributed by atoms with Gasteiger partial charge in [0.2, 0.25) is 0 Å². The van der Waals surface area contributed by atoms with Gasteiger partial charge < -0.3 is 9.88 Å². The summed E-state index contributed by atoms with van der Waals surface area (Å²) >= 11 is 0. The van der Waals surface area contributed by atoms with Crippen molar-refractivity contribution in [3.8, 4) is 0 Å². The molecule has 4 nitrogen and oxygen atoms in total. The summed E-state index contributed by atoms with van der Waals surface area (Å²) in [6, 6.07) is 16.2. The molecule has 30 heavy (non-hydrogen) atoms. The van der Waals surface area contributed by atoms with E-state index in [1.807, 2.05) is 31.2 Å². The van der Waals surface area contributed by atoms with Crippen LogP contribution in [-0.2, 0) is 13.0 Å². The van der Waals surface area contributed by atoms with E-state index in [9.17, 15) is 4.79 Å². The lowest BCUT2D eigenvalue weighted by Crippen LogP contribution is -2.24. The van der Waals surface area contributed by atoms with Crippen LogP contribution in [-0.4, -0.2) is 22.0 Å². The maximum absolute atomic E-state index is 12.2. The largest absolute Gasteiger partial charge is 0.352 e. The van der Waals surface area contributed by atoms with Gasteiger partial charge >= 0.3 is 0 Å². The maximum Gasteiger partial charge on any atom is 0.251 e. The van der Waals surface area contributed by atoms with Crippen LogP contribution in [0.25, 0.3) is 11.0 Å². The molecule has 0 saturated heterocycles. The first-order valence-corrected chi connectivity index (χ1v) is 11.5. The monoisotopic (exact) mass is 405 g/mol. The molecule has 0 spiro atoms. The Morgan fingerprint density at radius 2 is 1.70 bits per heavy atom. The van der Waals surface area contributed by atoms with Gasteiger partial charge in [0.1, 0.15) is 5.82 Å². The van der Waals surface area contributed by atoms with Gasteiger partial charge in [-0.3, -0.25) is 4.79 Å². The van der Waals surface area contributed by atoms with Crippen molar-refractivity contribution in [1.29, 1.82) is 0 Å². The van der Waals surface area contributed by atoms with Crippen LogP contribution < -0.4 is 5.32 Å². The number of hydrogen-bond acceptors (Lipinski definition) is 2. The minimum atomic E-state index is 0.0175. The fourth-order valence-corrected chi connectivity index (χ4v) is 3.86. The molecule has 2 aromatic carbocycles. The number of fused-ring (bicyclic) bond motifs is 1. The van der Waals surface area contributed by atoms with Crippen molar-refractivity contribution in [3.05, 3.63) is 65.5 Å². The molecule has 0 saturated carbocycles. The molecule has 3 aromatic rings. The van der Waals surface area contributed by atoms with Gasteiger partial charge in [-0.1, -0.05) is 62.4 Å². The second kappa shape index (κ2) is 11.5. The molecule has 0 fully saturated rings. The molecule has 0 aliphatic rings. The maximum atomic E-state index is 12.2. The van der Waals surface area contributed by atoms with Crippen molar-refractivity contribution in [2.45, 2.75) is 71.8 Å². The Bertz CT molecular complexity index is 927. The molecule has 1 N–H and O–H groups in total. The molecule has 0 aliphatic heterocycles. The highest BCUT2D eigenvalue weighted by Gasteiger charge is 2.10. The molecule has 1 amide bonds. The molecule has 4 heteroatoms. The number of aromatic nitrogens is 2. The van der Waals surface area contributed by atoms with Crippen molar-refractivity contribution in [2.24, 2.45) is 0 Å². The molecule has 0 atom stereocenters. The number of para-hydroxylation sites is 2. The van der Waals surface area contributed by atoms with E-state index in [1.54, 1.807) is 0 Å². The predicted molar refractivity (Wildman–Crippen MR) is 125 cm³/mol. The number of hydrogen-bond donors (Lipinski definition) is 1. The molecule has 1 aromatic heterocycles. The Morgan fingerprint density at radius 3 is 2.50 bits per heavy atom. The highest BCUT2D eigenvalue weighted by Crippen LogP contribution is 2.19. The number of nitrogens with one attached hydrogen (secondary N) is 1. The van der Waals surface area contributed by atoms with Gasteiger partial charge in [-0.05, 0) is 50.5 Å². The summed E-state index contributed by atoms with van der Waals surface area (Å²) in [6.45, 7) is 6.06. The fraction of sp³-hybridized carbons (Fsp3) is 0.462. The topological polar surface area (TPSA) is 46.9 Å². The average Bonchev–Trinajstić information content (AvgIpc) is 3.11. The molecule has 0 radical (unpaired) electrons. The highest BCUT2D eigenvalue weighted by molar-refractivity contribution is 5.94. The summed E-state index contributed by atoms with van der Waals surface area (Å²) in [7, 11) is 0. The standard InChI is InChI=1S/C26H35N3O/c1-3-4-5-11-20-29-24-13-9-8-12-23(24)28-25(29)14-7-6-10-19-27-26(30)22-17-15-21(2)16-18-22/h8-9,12-13,15-18H,3-7,10-11,14,19-20H2,1-2H3,(H,27,30). The third-order valence-electron chi connectivity index (χ3n) is 5.65. The normalized spacial score (nSPS) is 11.1. The van der Waals surface area contributed by atoms with Crippen molar-refractivity contribution >= 4 is 16.9 Å². The second-order valence-electron chi connectivity index (χ2n) is 8.16. The lowest BCUT2D eigenvalue weighted by molar-refractivity contribution is 0.0953. The molecule has 0 bridgehead atoms. The van der Waals surface area contributed by atoms with E-state index >= 15 is 0 Å². The minimum Gasteiger partial charge on any atom is -0.352 e. The van der Waals surface area contributed by atoms with Crippen molar-refractivity contribution in [1.82, 2.24) is 14.9 Å². The van der Waals surface area contributed by atoms with E-state index in [2.05, 4.69) is 41.1 Å². The SMILES string of the molecule is CCCCCCn1c(CCCCCNC(=O)c2ccc(C)cc2)nc2ccccc21. The molecule has 0 aliphatic carbocycles. The van der Waals surface area contributed by atoms with Crippen molar-refractivity contribution in [3.63, 3.8) is 0 Å². The number of unbranched alkanes of at least 4 members (excludes halogenated alkanes) is 5. The van der Waals surface area contributed by atoms with Crippen LogP contribution in [0.3, 0.4) is 0 Å². The van der Waals surface area contributed by atoms with Gasteiger partial charge in [0.15, 0.2) is 0 Å². The molecule has 160 valence electrons. The van der Waals surface area contributed by atoms with Gasteiger partial charge in [-0.25, -0.2) is 4.98 Å². The summed E-state index contributed by atoms with van der Waals surface area (Å²) in [5.74, 6) is 1.22. The van der Waals surface area contributed by atoms with Crippen LogP contribution in [0.1, 0.15) is 73.6 Å². The smallest absolute Gasteiger partial charge is 0.251 e. The number of carbonyl (C=O) groups excluding carboxylic acids is 1. The van der Waals surface area contributed by atoms with E-state index < -0.39 is 0 Å². The second-order valence-corrected chi connectivity index (χ2v) is 8.16. The zero-order valence-corrected chi connectivity index (χ0v) is 18.5. The van der Waals surface area contributed by atoms with Crippen molar-refractivity contribution in [2.75, 3.05) is 6.54 Å². The van der Waals surface area contributed by atoms with E-state index in [4.69, 9.17) is 4.98 Å². The van der Waals surface area contributed by atoms with Crippen LogP contribution in [0.2, 0.25) is 0 Å². The van der Waals surface area contributed by atoms with Crippen LogP contribution in [0, 0.1) is 6.92 Å². The van der Waals surface area contributed by atoms with Gasteiger partial charge in [0.05, 0.1) is 11.0 Å². The Morgan fingerprint density at radius 1 is 0.933 bits per heavy atom. The molecule has 3 rings (SSSR count). The van der Waals surface area contributed by atoms with Crippen LogP contribution in [0.5, 0.6) is 0 Å². The number of imidazole rings is 1. The zero-order chi connectivity index (χ0) is 21.2. The van der Waals surface area contributed by atoms with Gasteiger partial charge in [0, 0.05) is 25.1 Å². The predicted octanol–water partition coefficient (Wildman–Crippen LogP) is 6.07. The number of nitrogens with zero attached hydrogens (tertiary/aromatic N) is 2. The summed E-state index contributed by atoms with van der Waals surface area (Å²) in [6.07, 6.45) is 9.23. The van der Waals surface area contributed by atoms with Crippen molar-refractivity contribution < 1.29 is 4.79 Å². The van der Waals surface area contributed by atoms with Gasteiger partial charge in [0.25, 0.3) is 5.91 Å². The fourth-order valence-electron chi connectivity index (χ4n) is 3.86. The Labute approximate surface area is 180 Å². The Hall–Kier alpha value is -2.62. The molecular weight excluding hydrogens is 370 g/mol. The lowest BCUT2D eigenvalue weighted by Gasteiger charge is -2.09. The summed E-state index contributed by atoms with van der Waals surface area (Å²) in [5, 5.41) is 3.03. The van der Waals surface area contributed by atoms with Gasteiger partial charge in [-0.2, -0.15) is 0 Å². The summed E-state index contributed by atoms with van der Waals surface area (Å²) in [5.41, 5.74) is 4.27. The van der Waals surface area contributed by atoms with E-state index in [0.29, 0.717) is 0 Å². The van der Waals surface area contributed by atoms with E-state index in [1.165, 1.54) is 42.6 Å². The number of rotatable bonds is 12. The molecule has 0 unspecified atom stereocenters. The average molecular weight is 406 g/mol. The highest BCUT2D eigenvalue weighted by atomic mass is 16.1. The molecular formula is C26H35N3O. The van der Waals surface area contributed by atoms with E-state index in [0.717, 1.165) is 49.9 Å². The number of carbonyl (C=O) groups is 1. The van der Waals surface area contributed by atoms with Gasteiger partial charge in [-0.15, -0.1) is 0 Å². The first kappa shape index (κ1) is 22.1. The lowest BCUT2D eigenvalue weighted by atomic mass is 10.1. The number of aryl methyl sites for hydroxylation is 3. The first-order valence-electron chi connectivity index (χ1n) is 11.5. The number of benzene rings is 2. The molecule has 1 heterocycles. The third kappa shape index (κ3) is 6.19. The summed E-state index contributed by atoms with van der Waals surface area (Å²) in [4.78, 5) is 17.1. The Balaban J connectivity index is 1.45. The third-order valence-corrected chi connectivity index (χ3v) is 5.65. The zero-order valence-electron chi connectivity index (χ0n) is 18.5. The first-order chi connectivity index (χ1) is 14.7. The van der Waals surface area contributed by atoms with Crippen LogP contribution in [0.4, 0.5) is 0 Å². The summed E-state index contributed by atoms with van der Waals surface area (Å²) < 4.78 is 2.42. The van der Waals surface area contributed by atoms with Crippen LogP contribution in [0.15, 0.2) is 48.5 Å². The van der Waals surface area contributed by atoms with E-state index in [-0.39, 0.29) is 5.91 Å². The number of amides is 1. The minimum absolute atomic E-state index is 0.0175. The quantitative estimate of drug-likeness (QED) is 0.372. The Kier molecular flexibility index (Phi) is 8.49. The van der Waals surface area contributed by atoms with Crippen LogP contribution >= 0.6 is 0 Å².